The van der Waals surface area contributed by atoms with E-state index in [9.17, 15) is 9.90 Å². The highest BCUT2D eigenvalue weighted by molar-refractivity contribution is 5.93. The molecule has 128 valence electrons. The van der Waals surface area contributed by atoms with E-state index >= 15 is 0 Å². The van der Waals surface area contributed by atoms with E-state index in [1.165, 1.54) is 11.1 Å². The van der Waals surface area contributed by atoms with E-state index in [1.807, 2.05) is 6.92 Å². The molecule has 1 heterocycles. The molecule has 1 fully saturated rings. The zero-order chi connectivity index (χ0) is 16.8. The molecule has 1 aromatic rings. The molecule has 4 nitrogen and oxygen atoms in total. The third-order valence-corrected chi connectivity index (χ3v) is 4.94. The summed E-state index contributed by atoms with van der Waals surface area (Å²) in [5, 5.41) is 12.8. The van der Waals surface area contributed by atoms with Crippen molar-refractivity contribution in [3.05, 3.63) is 29.3 Å². The molecule has 1 unspecified atom stereocenters. The summed E-state index contributed by atoms with van der Waals surface area (Å²) in [6, 6.07) is 6.24. The minimum absolute atomic E-state index is 0.0658. The number of aryl methyl sites for hydroxylation is 2. The maximum absolute atomic E-state index is 12.4. The van der Waals surface area contributed by atoms with Crippen LogP contribution >= 0.6 is 0 Å². The van der Waals surface area contributed by atoms with Crippen LogP contribution in [0.5, 0.6) is 0 Å². The number of aliphatic hydroxyl groups is 1. The molecule has 1 saturated heterocycles. The van der Waals surface area contributed by atoms with E-state index in [1.54, 1.807) is 0 Å². The zero-order valence-corrected chi connectivity index (χ0v) is 14.6. The number of aliphatic hydroxyl groups excluding tert-OH is 1. The first kappa shape index (κ1) is 18.0. The Bertz CT molecular complexity index is 498. The molecule has 1 aromatic carbocycles. The lowest BCUT2D eigenvalue weighted by atomic mass is 9.92. The summed E-state index contributed by atoms with van der Waals surface area (Å²) >= 11 is 0. The molecule has 2 N–H and O–H groups in total. The Morgan fingerprint density at radius 2 is 1.83 bits per heavy atom. The van der Waals surface area contributed by atoms with Gasteiger partial charge < -0.3 is 10.4 Å². The molecule has 1 aliphatic rings. The Morgan fingerprint density at radius 1 is 1.26 bits per heavy atom. The van der Waals surface area contributed by atoms with E-state index in [0.717, 1.165) is 44.5 Å². The zero-order valence-electron chi connectivity index (χ0n) is 14.6. The number of amides is 1. The first-order valence-corrected chi connectivity index (χ1v) is 8.86. The van der Waals surface area contributed by atoms with Gasteiger partial charge in [0.05, 0.1) is 12.6 Å². The van der Waals surface area contributed by atoms with Crippen LogP contribution in [0.4, 0.5) is 5.69 Å². The number of hydrogen-bond donors (Lipinski definition) is 2. The molecule has 1 aliphatic heterocycles. The Labute approximate surface area is 139 Å². The van der Waals surface area contributed by atoms with Gasteiger partial charge in [-0.15, -0.1) is 0 Å². The average Bonchev–Trinajstić information content (AvgIpc) is 2.55. The van der Waals surface area contributed by atoms with Gasteiger partial charge in [-0.25, -0.2) is 0 Å². The lowest BCUT2D eigenvalue weighted by Crippen LogP contribution is -2.41. The number of nitrogens with zero attached hydrogens (tertiary/aromatic N) is 1. The van der Waals surface area contributed by atoms with E-state index in [-0.39, 0.29) is 12.0 Å². The molecular formula is C19H30N2O2. The second-order valence-corrected chi connectivity index (χ2v) is 6.56. The minimum atomic E-state index is -0.241. The van der Waals surface area contributed by atoms with Crippen molar-refractivity contribution in [2.24, 2.45) is 5.92 Å². The number of anilines is 1. The van der Waals surface area contributed by atoms with Crippen LogP contribution in [0.2, 0.25) is 0 Å². The maximum atomic E-state index is 12.4. The van der Waals surface area contributed by atoms with Crippen molar-refractivity contribution >= 4 is 11.6 Å². The van der Waals surface area contributed by atoms with E-state index in [2.05, 4.69) is 42.3 Å². The Kier molecular flexibility index (Phi) is 6.60. The number of hydrogen-bond acceptors (Lipinski definition) is 3. The maximum Gasteiger partial charge on any atom is 0.238 e. The summed E-state index contributed by atoms with van der Waals surface area (Å²) in [6.07, 6.45) is 3.54. The number of carbonyl (C=O) groups is 1. The standard InChI is InChI=1S/C19H30N2O2/c1-4-15-7-6-8-16(5-2)19(15)20-18(23)13-21-11-9-17(10-12-21)14(3)22/h6-8,14,17,22H,4-5,9-13H2,1-3H3,(H,20,23). The number of piperidine rings is 1. The van der Waals surface area contributed by atoms with Gasteiger partial charge in [0.2, 0.25) is 5.91 Å². The van der Waals surface area contributed by atoms with Crippen LogP contribution in [0.25, 0.3) is 0 Å². The molecule has 4 heteroatoms. The Hall–Kier alpha value is -1.39. The number of benzene rings is 1. The van der Waals surface area contributed by atoms with Crippen LogP contribution < -0.4 is 5.32 Å². The quantitative estimate of drug-likeness (QED) is 0.848. The molecule has 0 spiro atoms. The lowest BCUT2D eigenvalue weighted by molar-refractivity contribution is -0.117. The highest BCUT2D eigenvalue weighted by Gasteiger charge is 2.24. The van der Waals surface area contributed by atoms with Gasteiger partial charge in [-0.1, -0.05) is 32.0 Å². The molecular weight excluding hydrogens is 288 g/mol. The van der Waals surface area contributed by atoms with Gasteiger partial charge in [-0.05, 0) is 62.7 Å². The smallest absolute Gasteiger partial charge is 0.238 e. The van der Waals surface area contributed by atoms with Gasteiger partial charge in [0.25, 0.3) is 0 Å². The molecule has 23 heavy (non-hydrogen) atoms. The second kappa shape index (κ2) is 8.46. The van der Waals surface area contributed by atoms with Gasteiger partial charge in [0.15, 0.2) is 0 Å². The predicted octanol–water partition coefficient (Wildman–Crippen LogP) is 2.84. The molecule has 0 aliphatic carbocycles. The van der Waals surface area contributed by atoms with E-state index in [0.29, 0.717) is 12.5 Å². The summed E-state index contributed by atoms with van der Waals surface area (Å²) in [6.45, 7) is 8.31. The summed E-state index contributed by atoms with van der Waals surface area (Å²) in [5.41, 5.74) is 3.40. The largest absolute Gasteiger partial charge is 0.393 e. The van der Waals surface area contributed by atoms with Crippen molar-refractivity contribution < 1.29 is 9.90 Å². The number of nitrogens with one attached hydrogen (secondary N) is 1. The number of rotatable bonds is 6. The SMILES string of the molecule is CCc1cccc(CC)c1NC(=O)CN1CCC(C(C)O)CC1. The number of para-hydroxylation sites is 1. The first-order valence-electron chi connectivity index (χ1n) is 8.86. The summed E-state index contributed by atoms with van der Waals surface area (Å²) in [5.74, 6) is 0.443. The Morgan fingerprint density at radius 3 is 2.30 bits per heavy atom. The lowest BCUT2D eigenvalue weighted by Gasteiger charge is -2.32. The van der Waals surface area contributed by atoms with Crippen molar-refractivity contribution in [1.29, 1.82) is 0 Å². The average molecular weight is 318 g/mol. The third kappa shape index (κ3) is 4.79. The van der Waals surface area contributed by atoms with E-state index < -0.39 is 0 Å². The molecule has 2 rings (SSSR count). The van der Waals surface area contributed by atoms with E-state index in [4.69, 9.17) is 0 Å². The van der Waals surface area contributed by atoms with Crippen LogP contribution in [0, 0.1) is 5.92 Å². The van der Waals surface area contributed by atoms with Crippen molar-refractivity contribution in [3.63, 3.8) is 0 Å². The molecule has 0 saturated carbocycles. The van der Waals surface area contributed by atoms with Crippen LogP contribution in [0.15, 0.2) is 18.2 Å². The van der Waals surface area contributed by atoms with Crippen molar-refractivity contribution in [1.82, 2.24) is 4.90 Å². The fourth-order valence-electron chi connectivity index (χ4n) is 3.38. The van der Waals surface area contributed by atoms with Gasteiger partial charge in [-0.2, -0.15) is 0 Å². The summed E-state index contributed by atoms with van der Waals surface area (Å²) < 4.78 is 0. The van der Waals surface area contributed by atoms with Gasteiger partial charge in [0.1, 0.15) is 0 Å². The van der Waals surface area contributed by atoms with Crippen molar-refractivity contribution in [2.45, 2.75) is 52.6 Å². The predicted molar refractivity (Wildman–Crippen MR) is 94.7 cm³/mol. The monoisotopic (exact) mass is 318 g/mol. The van der Waals surface area contributed by atoms with Crippen LogP contribution in [-0.2, 0) is 17.6 Å². The number of carbonyl (C=O) groups excluding carboxylic acids is 1. The van der Waals surface area contributed by atoms with Crippen molar-refractivity contribution in [2.75, 3.05) is 25.0 Å². The molecule has 1 amide bonds. The summed E-state index contributed by atoms with van der Waals surface area (Å²) in [7, 11) is 0. The van der Waals surface area contributed by atoms with Crippen LogP contribution in [-0.4, -0.2) is 41.7 Å². The highest BCUT2D eigenvalue weighted by atomic mass is 16.3. The Balaban J connectivity index is 1.93. The first-order chi connectivity index (χ1) is 11.0. The molecule has 0 bridgehead atoms. The highest BCUT2D eigenvalue weighted by Crippen LogP contribution is 2.23. The van der Waals surface area contributed by atoms with Crippen LogP contribution in [0.1, 0.15) is 44.7 Å². The fraction of sp³-hybridized carbons (Fsp3) is 0.632. The third-order valence-electron chi connectivity index (χ3n) is 4.94. The normalized spacial score (nSPS) is 17.9. The van der Waals surface area contributed by atoms with Gasteiger partial charge >= 0.3 is 0 Å². The fourth-order valence-corrected chi connectivity index (χ4v) is 3.38. The molecule has 1 atom stereocenters. The molecule has 0 aromatic heterocycles. The van der Waals surface area contributed by atoms with Crippen molar-refractivity contribution in [3.8, 4) is 0 Å². The second-order valence-electron chi connectivity index (χ2n) is 6.56. The molecule has 0 radical (unpaired) electrons. The van der Waals surface area contributed by atoms with Gasteiger partial charge in [0, 0.05) is 5.69 Å². The van der Waals surface area contributed by atoms with Gasteiger partial charge in [-0.3, -0.25) is 9.69 Å². The summed E-state index contributed by atoms with van der Waals surface area (Å²) in [4.78, 5) is 14.6. The number of likely N-dealkylation sites (tertiary alicyclic amines) is 1. The topological polar surface area (TPSA) is 52.6 Å². The van der Waals surface area contributed by atoms with Crippen LogP contribution in [0.3, 0.4) is 0 Å². The minimum Gasteiger partial charge on any atom is -0.393 e.